The molecule has 0 aliphatic rings. The largest absolute Gasteiger partial charge is 0.395 e. The fourth-order valence-electron chi connectivity index (χ4n) is 1.18. The summed E-state index contributed by atoms with van der Waals surface area (Å²) in [5.41, 5.74) is 0. The van der Waals surface area contributed by atoms with Crippen molar-refractivity contribution in [2.75, 3.05) is 6.61 Å². The molecule has 7 heteroatoms. The zero-order valence-corrected chi connectivity index (χ0v) is 11.6. The molecular weight excluding hydrogens is 313 g/mol. The fourth-order valence-corrected chi connectivity index (χ4v) is 2.75. The van der Waals surface area contributed by atoms with Gasteiger partial charge in [0.05, 0.1) is 16.0 Å². The number of nitrogens with one attached hydrogen (secondary N) is 1. The van der Waals surface area contributed by atoms with Gasteiger partial charge >= 0.3 is 0 Å². The van der Waals surface area contributed by atoms with Crippen molar-refractivity contribution >= 4 is 26.0 Å². The van der Waals surface area contributed by atoms with Crippen LogP contribution in [0.3, 0.4) is 0 Å². The number of aliphatic hydroxyl groups excluding tert-OH is 1. The Bertz CT molecular complexity index is 488. The van der Waals surface area contributed by atoms with E-state index in [1.165, 1.54) is 12.1 Å². The average molecular weight is 326 g/mol. The van der Waals surface area contributed by atoms with Gasteiger partial charge in [-0.2, -0.15) is 0 Å². The number of hydrogen-bond donors (Lipinski definition) is 2. The third-order valence-electron chi connectivity index (χ3n) is 2.24. The van der Waals surface area contributed by atoms with Crippen molar-refractivity contribution in [3.05, 3.63) is 28.5 Å². The molecule has 0 unspecified atom stereocenters. The number of aliphatic hydroxyl groups is 1. The van der Waals surface area contributed by atoms with E-state index in [2.05, 4.69) is 20.7 Å². The van der Waals surface area contributed by atoms with Gasteiger partial charge < -0.3 is 5.11 Å². The van der Waals surface area contributed by atoms with Crippen molar-refractivity contribution in [3.63, 3.8) is 0 Å². The van der Waals surface area contributed by atoms with Crippen molar-refractivity contribution in [3.8, 4) is 0 Å². The van der Waals surface area contributed by atoms with Crippen molar-refractivity contribution in [2.24, 2.45) is 0 Å². The van der Waals surface area contributed by atoms with Crippen LogP contribution in [0.4, 0.5) is 4.39 Å². The molecule has 0 aliphatic heterocycles. The highest BCUT2D eigenvalue weighted by Crippen LogP contribution is 2.19. The van der Waals surface area contributed by atoms with Crippen LogP contribution in [0.5, 0.6) is 0 Å². The van der Waals surface area contributed by atoms with Gasteiger partial charge in [-0.1, -0.05) is 6.92 Å². The van der Waals surface area contributed by atoms with E-state index in [-0.39, 0.29) is 16.0 Å². The molecule has 0 radical (unpaired) electrons. The number of benzene rings is 1. The van der Waals surface area contributed by atoms with Crippen molar-refractivity contribution < 1.29 is 17.9 Å². The molecule has 0 saturated carbocycles. The lowest BCUT2D eigenvalue weighted by Crippen LogP contribution is -2.36. The average Bonchev–Trinajstić information content (AvgIpc) is 2.29. The minimum atomic E-state index is -3.79. The van der Waals surface area contributed by atoms with Crippen LogP contribution in [0.25, 0.3) is 0 Å². The smallest absolute Gasteiger partial charge is 0.241 e. The predicted molar refractivity (Wildman–Crippen MR) is 65.6 cm³/mol. The quantitative estimate of drug-likeness (QED) is 0.864. The topological polar surface area (TPSA) is 66.4 Å². The lowest BCUT2D eigenvalue weighted by molar-refractivity contribution is 0.254. The Morgan fingerprint density at radius 1 is 1.53 bits per heavy atom. The molecule has 4 nitrogen and oxygen atoms in total. The molecule has 96 valence electrons. The molecule has 0 spiro atoms. The predicted octanol–water partition coefficient (Wildman–Crippen LogP) is 1.64. The van der Waals surface area contributed by atoms with Gasteiger partial charge in [-0.15, -0.1) is 0 Å². The van der Waals surface area contributed by atoms with Gasteiger partial charge in [-0.3, -0.25) is 0 Å². The zero-order chi connectivity index (χ0) is 13.1. The standard InChI is InChI=1S/C10H13BrFNO3S/c1-2-7(6-14)13-17(15,16)8-3-4-9(11)10(12)5-8/h3-5,7,13-14H,2,6H2,1H3/t7-/m1/s1. The molecule has 0 aliphatic carbocycles. The van der Waals surface area contributed by atoms with Crippen LogP contribution in [0, 0.1) is 5.82 Å². The minimum Gasteiger partial charge on any atom is -0.395 e. The van der Waals surface area contributed by atoms with E-state index >= 15 is 0 Å². The first-order valence-electron chi connectivity index (χ1n) is 4.99. The van der Waals surface area contributed by atoms with E-state index in [9.17, 15) is 12.8 Å². The van der Waals surface area contributed by atoms with Gasteiger partial charge in [0.1, 0.15) is 5.82 Å². The molecule has 1 aromatic carbocycles. The van der Waals surface area contributed by atoms with Gasteiger partial charge in [0.25, 0.3) is 0 Å². The first-order valence-corrected chi connectivity index (χ1v) is 7.26. The van der Waals surface area contributed by atoms with Crippen LogP contribution in [0.15, 0.2) is 27.6 Å². The zero-order valence-electron chi connectivity index (χ0n) is 9.15. The second-order valence-electron chi connectivity index (χ2n) is 3.48. The Hall–Kier alpha value is -0.500. The number of halogens is 2. The summed E-state index contributed by atoms with van der Waals surface area (Å²) in [6, 6.07) is 2.98. The summed E-state index contributed by atoms with van der Waals surface area (Å²) in [6.45, 7) is 1.44. The first kappa shape index (κ1) is 14.6. The van der Waals surface area contributed by atoms with Crippen LogP contribution in [-0.2, 0) is 10.0 Å². The Morgan fingerprint density at radius 2 is 2.18 bits per heavy atom. The van der Waals surface area contributed by atoms with Crippen LogP contribution < -0.4 is 4.72 Å². The number of hydrogen-bond acceptors (Lipinski definition) is 3. The molecule has 1 rings (SSSR count). The Kier molecular flexibility index (Phi) is 5.05. The Morgan fingerprint density at radius 3 is 2.65 bits per heavy atom. The lowest BCUT2D eigenvalue weighted by atomic mass is 10.3. The molecule has 0 bridgehead atoms. The van der Waals surface area contributed by atoms with Gasteiger partial charge in [0.2, 0.25) is 10.0 Å². The maximum absolute atomic E-state index is 13.2. The van der Waals surface area contributed by atoms with E-state index in [0.717, 1.165) is 6.07 Å². The van der Waals surface area contributed by atoms with Crippen LogP contribution in [0.2, 0.25) is 0 Å². The highest BCUT2D eigenvalue weighted by Gasteiger charge is 2.19. The Labute approximate surface area is 108 Å². The summed E-state index contributed by atoms with van der Waals surface area (Å²) in [6.07, 6.45) is 0.453. The van der Waals surface area contributed by atoms with Crippen LogP contribution in [0.1, 0.15) is 13.3 Å². The molecule has 0 aromatic heterocycles. The fraction of sp³-hybridized carbons (Fsp3) is 0.400. The molecule has 17 heavy (non-hydrogen) atoms. The highest BCUT2D eigenvalue weighted by atomic mass is 79.9. The summed E-state index contributed by atoms with van der Waals surface area (Å²) < 4.78 is 39.4. The van der Waals surface area contributed by atoms with Crippen molar-refractivity contribution in [2.45, 2.75) is 24.3 Å². The second kappa shape index (κ2) is 5.90. The van der Waals surface area contributed by atoms with Crippen molar-refractivity contribution in [1.29, 1.82) is 0 Å². The third-order valence-corrected chi connectivity index (χ3v) is 4.40. The van der Waals surface area contributed by atoms with E-state index in [4.69, 9.17) is 5.11 Å². The first-order chi connectivity index (χ1) is 7.90. The molecular formula is C10H13BrFNO3S. The third kappa shape index (κ3) is 3.74. The summed E-state index contributed by atoms with van der Waals surface area (Å²) in [5, 5.41) is 8.93. The van der Waals surface area contributed by atoms with Crippen LogP contribution >= 0.6 is 15.9 Å². The van der Waals surface area contributed by atoms with E-state index < -0.39 is 21.9 Å². The molecule has 0 amide bonds. The van der Waals surface area contributed by atoms with Gasteiger partial charge in [-0.25, -0.2) is 17.5 Å². The monoisotopic (exact) mass is 325 g/mol. The van der Waals surface area contributed by atoms with Crippen molar-refractivity contribution in [1.82, 2.24) is 4.72 Å². The minimum absolute atomic E-state index is 0.162. The summed E-state index contributed by atoms with van der Waals surface area (Å²) in [4.78, 5) is -0.162. The van der Waals surface area contributed by atoms with E-state index in [1.807, 2.05) is 0 Å². The SMILES string of the molecule is CC[C@H](CO)NS(=O)(=O)c1ccc(Br)c(F)c1. The Balaban J connectivity index is 3.01. The van der Waals surface area contributed by atoms with Gasteiger partial charge in [-0.05, 0) is 40.5 Å². The van der Waals surface area contributed by atoms with Crippen LogP contribution in [-0.4, -0.2) is 26.2 Å². The lowest BCUT2D eigenvalue weighted by Gasteiger charge is -2.14. The highest BCUT2D eigenvalue weighted by molar-refractivity contribution is 9.10. The normalized spacial score (nSPS) is 13.6. The molecule has 1 atom stereocenters. The molecule has 0 fully saturated rings. The summed E-state index contributed by atoms with van der Waals surface area (Å²) in [5.74, 6) is -0.648. The van der Waals surface area contributed by atoms with Gasteiger partial charge in [0.15, 0.2) is 0 Å². The summed E-state index contributed by atoms with van der Waals surface area (Å²) in [7, 11) is -3.79. The van der Waals surface area contributed by atoms with Gasteiger partial charge in [0, 0.05) is 6.04 Å². The molecule has 0 heterocycles. The molecule has 2 N–H and O–H groups in total. The maximum atomic E-state index is 13.2. The van der Waals surface area contributed by atoms with E-state index in [0.29, 0.717) is 6.42 Å². The van der Waals surface area contributed by atoms with E-state index in [1.54, 1.807) is 6.92 Å². The number of sulfonamides is 1. The maximum Gasteiger partial charge on any atom is 0.241 e. The number of rotatable bonds is 5. The second-order valence-corrected chi connectivity index (χ2v) is 6.05. The molecule has 0 saturated heterocycles. The summed E-state index contributed by atoms with van der Waals surface area (Å²) >= 11 is 2.94. The molecule has 1 aromatic rings.